The lowest BCUT2D eigenvalue weighted by molar-refractivity contribution is -0.132. The third-order valence-electron chi connectivity index (χ3n) is 4.38. The third-order valence-corrected chi connectivity index (χ3v) is 4.38. The Morgan fingerprint density at radius 1 is 1.12 bits per heavy atom. The van der Waals surface area contributed by atoms with Crippen LogP contribution >= 0.6 is 0 Å². The molecule has 24 heavy (non-hydrogen) atoms. The lowest BCUT2D eigenvalue weighted by atomic mass is 9.82. The molecule has 0 spiro atoms. The second kappa shape index (κ2) is 6.48. The highest BCUT2D eigenvalue weighted by Gasteiger charge is 2.27. The smallest absolute Gasteiger partial charge is 0.335 e. The molecule has 0 saturated carbocycles. The minimum atomic E-state index is -0.485. The fraction of sp³-hybridized carbons (Fsp3) is 0.300. The highest BCUT2D eigenvalue weighted by molar-refractivity contribution is 5.99. The monoisotopic (exact) mass is 324 g/mol. The molecule has 2 aromatic carbocycles. The Bertz CT molecular complexity index is 835. The van der Waals surface area contributed by atoms with Crippen molar-refractivity contribution >= 4 is 22.7 Å². The highest BCUT2D eigenvalue weighted by atomic mass is 16.5. The molecular weight excluding hydrogens is 304 g/mol. The number of hydrogen-bond donors (Lipinski definition) is 0. The first-order valence-corrected chi connectivity index (χ1v) is 8.10. The fourth-order valence-electron chi connectivity index (χ4n) is 3.32. The van der Waals surface area contributed by atoms with Crippen molar-refractivity contribution in [2.24, 2.45) is 5.92 Å². The Morgan fingerprint density at radius 3 is 2.33 bits per heavy atom. The molecule has 1 unspecified atom stereocenters. The van der Waals surface area contributed by atoms with Crippen LogP contribution in [-0.4, -0.2) is 11.9 Å². The van der Waals surface area contributed by atoms with E-state index in [4.69, 9.17) is 9.47 Å². The van der Waals surface area contributed by atoms with Gasteiger partial charge in [0.05, 0.1) is 0 Å². The van der Waals surface area contributed by atoms with E-state index in [9.17, 15) is 9.59 Å². The van der Waals surface area contributed by atoms with Crippen LogP contribution in [0.25, 0.3) is 10.8 Å². The van der Waals surface area contributed by atoms with E-state index in [1.807, 2.05) is 24.3 Å². The van der Waals surface area contributed by atoms with E-state index in [2.05, 4.69) is 13.5 Å². The molecule has 3 rings (SSSR count). The van der Waals surface area contributed by atoms with E-state index in [0.717, 1.165) is 47.2 Å². The molecule has 0 fully saturated rings. The van der Waals surface area contributed by atoms with Gasteiger partial charge in [0.25, 0.3) is 0 Å². The molecule has 124 valence electrons. The molecule has 1 atom stereocenters. The van der Waals surface area contributed by atoms with Crippen LogP contribution < -0.4 is 9.47 Å². The van der Waals surface area contributed by atoms with E-state index >= 15 is 0 Å². The largest absolute Gasteiger partial charge is 0.426 e. The molecule has 0 radical (unpaired) electrons. The summed E-state index contributed by atoms with van der Waals surface area (Å²) in [5, 5.41) is 1.56. The highest BCUT2D eigenvalue weighted by Crippen LogP contribution is 2.45. The zero-order chi connectivity index (χ0) is 17.3. The number of fused-ring (bicyclic) bond motifs is 2. The van der Waals surface area contributed by atoms with Gasteiger partial charge in [0.15, 0.2) is 0 Å². The van der Waals surface area contributed by atoms with Gasteiger partial charge in [0.2, 0.25) is 0 Å². The van der Waals surface area contributed by atoms with Gasteiger partial charge in [0, 0.05) is 34.9 Å². The first kappa shape index (κ1) is 16.2. The van der Waals surface area contributed by atoms with E-state index in [1.54, 1.807) is 0 Å². The van der Waals surface area contributed by atoms with Crippen LogP contribution in [0.4, 0.5) is 0 Å². The Morgan fingerprint density at radius 2 is 1.75 bits per heavy atom. The molecule has 0 heterocycles. The fourth-order valence-corrected chi connectivity index (χ4v) is 3.32. The van der Waals surface area contributed by atoms with Crippen LogP contribution in [-0.2, 0) is 22.4 Å². The van der Waals surface area contributed by atoms with Gasteiger partial charge < -0.3 is 9.47 Å². The summed E-state index contributed by atoms with van der Waals surface area (Å²) in [5.74, 6) is 0.800. The predicted molar refractivity (Wildman–Crippen MR) is 92.3 cm³/mol. The summed E-state index contributed by atoms with van der Waals surface area (Å²) in [5.41, 5.74) is 1.92. The van der Waals surface area contributed by atoms with Gasteiger partial charge in [-0.3, -0.25) is 4.79 Å². The van der Waals surface area contributed by atoms with E-state index in [1.165, 1.54) is 6.92 Å². The maximum absolute atomic E-state index is 11.8. The van der Waals surface area contributed by atoms with Gasteiger partial charge >= 0.3 is 11.9 Å². The van der Waals surface area contributed by atoms with Crippen molar-refractivity contribution in [1.29, 1.82) is 0 Å². The number of benzene rings is 2. The first-order valence-electron chi connectivity index (χ1n) is 8.10. The Hall–Kier alpha value is -2.62. The third kappa shape index (κ3) is 2.92. The van der Waals surface area contributed by atoms with Crippen molar-refractivity contribution in [3.8, 4) is 11.5 Å². The standard InChI is InChI=1S/C20H20O4/c1-4-18(22)24-20-15-8-6-5-7-14(15)19(23-13(3)21)16-10-9-12(2)11-17(16)20/h4-8,12H,1,9-11H2,2-3H3. The minimum Gasteiger partial charge on any atom is -0.426 e. The molecule has 2 aromatic rings. The summed E-state index contributed by atoms with van der Waals surface area (Å²) in [4.78, 5) is 23.4. The van der Waals surface area contributed by atoms with E-state index in [-0.39, 0.29) is 5.97 Å². The van der Waals surface area contributed by atoms with Gasteiger partial charge in [0.1, 0.15) is 11.5 Å². The number of rotatable bonds is 3. The summed E-state index contributed by atoms with van der Waals surface area (Å²) < 4.78 is 11.1. The average Bonchev–Trinajstić information content (AvgIpc) is 2.57. The lowest BCUT2D eigenvalue weighted by Gasteiger charge is -2.27. The van der Waals surface area contributed by atoms with Crippen LogP contribution in [0.5, 0.6) is 11.5 Å². The number of hydrogen-bond acceptors (Lipinski definition) is 4. The van der Waals surface area contributed by atoms with E-state index in [0.29, 0.717) is 17.4 Å². The predicted octanol–water partition coefficient (Wildman–Crippen LogP) is 3.98. The molecule has 4 nitrogen and oxygen atoms in total. The Labute approximate surface area is 141 Å². The van der Waals surface area contributed by atoms with Gasteiger partial charge in [-0.2, -0.15) is 0 Å². The summed E-state index contributed by atoms with van der Waals surface area (Å²) in [6.45, 7) is 7.05. The maximum atomic E-state index is 11.8. The molecule has 1 aliphatic carbocycles. The second-order valence-electron chi connectivity index (χ2n) is 6.23. The van der Waals surface area contributed by atoms with Crippen molar-refractivity contribution in [1.82, 2.24) is 0 Å². The zero-order valence-corrected chi connectivity index (χ0v) is 13.9. The normalized spacial score (nSPS) is 16.3. The Kier molecular flexibility index (Phi) is 4.38. The molecule has 1 aliphatic rings. The van der Waals surface area contributed by atoms with Crippen molar-refractivity contribution < 1.29 is 19.1 Å². The zero-order valence-electron chi connectivity index (χ0n) is 13.9. The Balaban J connectivity index is 2.32. The SMILES string of the molecule is C=CC(=O)Oc1c2c(c(OC(C)=O)c3ccccc13)CCC(C)C2. The van der Waals surface area contributed by atoms with Crippen LogP contribution in [0.2, 0.25) is 0 Å². The van der Waals surface area contributed by atoms with Gasteiger partial charge in [-0.05, 0) is 25.2 Å². The van der Waals surface area contributed by atoms with Gasteiger partial charge in [-0.25, -0.2) is 4.79 Å². The van der Waals surface area contributed by atoms with Crippen molar-refractivity contribution in [3.05, 3.63) is 48.0 Å². The van der Waals surface area contributed by atoms with Crippen molar-refractivity contribution in [2.45, 2.75) is 33.1 Å². The number of carbonyl (C=O) groups is 2. The molecule has 0 aliphatic heterocycles. The number of esters is 2. The lowest BCUT2D eigenvalue weighted by Crippen LogP contribution is -2.17. The number of ether oxygens (including phenoxy) is 2. The summed E-state index contributed by atoms with van der Waals surface area (Å²) >= 11 is 0. The summed E-state index contributed by atoms with van der Waals surface area (Å²) in [6, 6.07) is 7.53. The first-order chi connectivity index (χ1) is 11.5. The van der Waals surface area contributed by atoms with Crippen LogP contribution in [0.15, 0.2) is 36.9 Å². The molecule has 0 saturated heterocycles. The second-order valence-corrected chi connectivity index (χ2v) is 6.23. The topological polar surface area (TPSA) is 52.6 Å². The summed E-state index contributed by atoms with van der Waals surface area (Å²) in [6.07, 6.45) is 3.75. The van der Waals surface area contributed by atoms with Crippen molar-refractivity contribution in [3.63, 3.8) is 0 Å². The van der Waals surface area contributed by atoms with E-state index < -0.39 is 5.97 Å². The van der Waals surface area contributed by atoms with Crippen molar-refractivity contribution in [2.75, 3.05) is 0 Å². The molecule has 0 bridgehead atoms. The molecule has 0 N–H and O–H groups in total. The average molecular weight is 324 g/mol. The quantitative estimate of drug-likeness (QED) is 0.487. The molecule has 4 heteroatoms. The molecular formula is C20H20O4. The minimum absolute atomic E-state index is 0.350. The summed E-state index contributed by atoms with van der Waals surface area (Å²) in [7, 11) is 0. The maximum Gasteiger partial charge on any atom is 0.335 e. The van der Waals surface area contributed by atoms with Crippen LogP contribution in [0.3, 0.4) is 0 Å². The molecule has 0 amide bonds. The van der Waals surface area contributed by atoms with Crippen LogP contribution in [0, 0.1) is 5.92 Å². The van der Waals surface area contributed by atoms with Gasteiger partial charge in [-0.1, -0.05) is 37.8 Å². The molecule has 0 aromatic heterocycles. The van der Waals surface area contributed by atoms with Crippen LogP contribution in [0.1, 0.15) is 31.4 Å². The van der Waals surface area contributed by atoms with Gasteiger partial charge in [-0.15, -0.1) is 0 Å². The number of carbonyl (C=O) groups excluding carboxylic acids is 2.